The van der Waals surface area contributed by atoms with Crippen LogP contribution in [-0.2, 0) is 22.5 Å². The van der Waals surface area contributed by atoms with Crippen molar-refractivity contribution in [3.8, 4) is 0 Å². The van der Waals surface area contributed by atoms with Crippen molar-refractivity contribution in [1.82, 2.24) is 19.4 Å². The van der Waals surface area contributed by atoms with E-state index in [0.29, 0.717) is 19.1 Å². The van der Waals surface area contributed by atoms with Gasteiger partial charge in [-0.15, -0.1) is 0 Å². The number of aromatic nitrogens is 2. The predicted molar refractivity (Wildman–Crippen MR) is 78.9 cm³/mol. The molecule has 1 saturated heterocycles. The highest BCUT2D eigenvalue weighted by atomic mass is 16.5. The zero-order valence-electron chi connectivity index (χ0n) is 12.9. The van der Waals surface area contributed by atoms with Gasteiger partial charge in [-0.3, -0.25) is 4.79 Å². The summed E-state index contributed by atoms with van der Waals surface area (Å²) in [6.07, 6.45) is 5.65. The smallest absolute Gasteiger partial charge is 0.252 e. The Kier molecular flexibility index (Phi) is 4.26. The van der Waals surface area contributed by atoms with Crippen molar-refractivity contribution in [3.63, 3.8) is 0 Å². The lowest BCUT2D eigenvalue weighted by Gasteiger charge is -2.33. The first-order valence-corrected chi connectivity index (χ1v) is 7.68. The van der Waals surface area contributed by atoms with Crippen LogP contribution in [-0.4, -0.2) is 71.7 Å². The second-order valence-corrected chi connectivity index (χ2v) is 6.24. The highest BCUT2D eigenvalue weighted by Crippen LogP contribution is 2.20. The molecule has 2 aliphatic heterocycles. The maximum absolute atomic E-state index is 12.5. The fraction of sp³-hybridized carbons (Fsp3) is 0.733. The second-order valence-electron chi connectivity index (χ2n) is 6.24. The van der Waals surface area contributed by atoms with Crippen molar-refractivity contribution in [2.24, 2.45) is 5.92 Å². The lowest BCUT2D eigenvalue weighted by Crippen LogP contribution is -2.50. The first kappa shape index (κ1) is 14.5. The van der Waals surface area contributed by atoms with Crippen molar-refractivity contribution in [3.05, 3.63) is 18.2 Å². The molecule has 116 valence electrons. The highest BCUT2D eigenvalue weighted by molar-refractivity contribution is 5.81. The van der Waals surface area contributed by atoms with E-state index in [2.05, 4.69) is 14.5 Å². The minimum atomic E-state index is -0.306. The summed E-state index contributed by atoms with van der Waals surface area (Å²) < 4.78 is 7.82. The Balaban J connectivity index is 1.54. The molecule has 1 aromatic heterocycles. The number of imidazole rings is 1. The van der Waals surface area contributed by atoms with Crippen LogP contribution in [0.1, 0.15) is 12.2 Å². The fourth-order valence-corrected chi connectivity index (χ4v) is 3.22. The molecule has 2 atom stereocenters. The van der Waals surface area contributed by atoms with E-state index in [1.165, 1.54) is 0 Å². The van der Waals surface area contributed by atoms with Gasteiger partial charge in [0, 0.05) is 52.0 Å². The van der Waals surface area contributed by atoms with E-state index in [-0.39, 0.29) is 12.0 Å². The van der Waals surface area contributed by atoms with Gasteiger partial charge in [-0.1, -0.05) is 0 Å². The van der Waals surface area contributed by atoms with Crippen LogP contribution >= 0.6 is 0 Å². The summed E-state index contributed by atoms with van der Waals surface area (Å²) in [6, 6.07) is 0. The normalized spacial score (nSPS) is 26.4. The van der Waals surface area contributed by atoms with E-state index < -0.39 is 0 Å². The molecule has 0 aliphatic carbocycles. The molecule has 0 spiro atoms. The molecule has 0 saturated carbocycles. The topological polar surface area (TPSA) is 50.6 Å². The number of hydrogen-bond acceptors (Lipinski definition) is 4. The number of nitrogens with zero attached hydrogens (tertiary/aromatic N) is 4. The Hall–Kier alpha value is -1.40. The molecule has 2 aliphatic rings. The number of fused-ring (bicyclic) bond motifs is 1. The zero-order valence-corrected chi connectivity index (χ0v) is 12.9. The zero-order chi connectivity index (χ0) is 14.8. The number of carbonyl (C=O) groups excluding carboxylic acids is 1. The number of aryl methyl sites for hydroxylation is 1. The first-order chi connectivity index (χ1) is 10.1. The van der Waals surface area contributed by atoms with Crippen LogP contribution in [0, 0.1) is 5.92 Å². The van der Waals surface area contributed by atoms with E-state index in [1.54, 1.807) is 0 Å². The predicted octanol–water partition coefficient (Wildman–Crippen LogP) is 0.235. The molecule has 6 heteroatoms. The largest absolute Gasteiger partial charge is 0.366 e. The molecule has 1 aromatic rings. The van der Waals surface area contributed by atoms with Crippen molar-refractivity contribution in [2.45, 2.75) is 25.5 Å². The molecule has 0 bridgehead atoms. The molecule has 21 heavy (non-hydrogen) atoms. The SMILES string of the molecule is CN1CCO[C@@H](C(=O)N(C)C[C@H]2CCn3ccnc3C2)C1. The summed E-state index contributed by atoms with van der Waals surface area (Å²) in [4.78, 5) is 20.8. The lowest BCUT2D eigenvalue weighted by molar-refractivity contribution is -0.148. The van der Waals surface area contributed by atoms with Gasteiger partial charge in [-0.25, -0.2) is 4.98 Å². The third-order valence-corrected chi connectivity index (χ3v) is 4.50. The van der Waals surface area contributed by atoms with E-state index in [1.807, 2.05) is 31.4 Å². The number of rotatable bonds is 3. The Morgan fingerprint density at radius 2 is 2.38 bits per heavy atom. The first-order valence-electron chi connectivity index (χ1n) is 7.68. The Morgan fingerprint density at radius 1 is 1.52 bits per heavy atom. The van der Waals surface area contributed by atoms with Crippen LogP contribution in [0.2, 0.25) is 0 Å². The van der Waals surface area contributed by atoms with Gasteiger partial charge in [-0.05, 0) is 19.4 Å². The molecule has 6 nitrogen and oxygen atoms in total. The molecule has 1 amide bonds. The summed E-state index contributed by atoms with van der Waals surface area (Å²) in [5, 5.41) is 0. The number of carbonyl (C=O) groups is 1. The number of ether oxygens (including phenoxy) is 1. The summed E-state index contributed by atoms with van der Waals surface area (Å²) >= 11 is 0. The second kappa shape index (κ2) is 6.15. The Morgan fingerprint density at radius 3 is 3.19 bits per heavy atom. The maximum atomic E-state index is 12.5. The standard InChI is InChI=1S/C15H24N4O2/c1-17-7-8-21-13(11-17)15(20)18(2)10-12-3-5-19-6-4-16-14(19)9-12/h4,6,12-13H,3,5,7-11H2,1-2H3/t12-,13+/m0/s1. The van der Waals surface area contributed by atoms with Gasteiger partial charge >= 0.3 is 0 Å². The monoisotopic (exact) mass is 292 g/mol. The minimum absolute atomic E-state index is 0.107. The van der Waals surface area contributed by atoms with Crippen molar-refractivity contribution < 1.29 is 9.53 Å². The van der Waals surface area contributed by atoms with Gasteiger partial charge in [0.05, 0.1) is 6.61 Å². The van der Waals surface area contributed by atoms with Gasteiger partial charge < -0.3 is 19.1 Å². The van der Waals surface area contributed by atoms with E-state index in [4.69, 9.17) is 4.74 Å². The molecule has 0 N–H and O–H groups in total. The van der Waals surface area contributed by atoms with Crippen molar-refractivity contribution in [1.29, 1.82) is 0 Å². The van der Waals surface area contributed by atoms with Gasteiger partial charge in [0.25, 0.3) is 5.91 Å². The van der Waals surface area contributed by atoms with Gasteiger partial charge in [0.2, 0.25) is 0 Å². The average Bonchev–Trinajstić information content (AvgIpc) is 2.94. The fourth-order valence-electron chi connectivity index (χ4n) is 3.22. The van der Waals surface area contributed by atoms with Crippen LogP contribution in [0.3, 0.4) is 0 Å². The number of hydrogen-bond donors (Lipinski definition) is 0. The van der Waals surface area contributed by atoms with Crippen LogP contribution in [0.15, 0.2) is 12.4 Å². The van der Waals surface area contributed by atoms with Crippen LogP contribution < -0.4 is 0 Å². The molecular formula is C15H24N4O2. The van der Waals surface area contributed by atoms with Gasteiger partial charge in [0.15, 0.2) is 0 Å². The van der Waals surface area contributed by atoms with Gasteiger partial charge in [-0.2, -0.15) is 0 Å². The summed E-state index contributed by atoms with van der Waals surface area (Å²) in [5.41, 5.74) is 0. The van der Waals surface area contributed by atoms with Crippen LogP contribution in [0.25, 0.3) is 0 Å². The third-order valence-electron chi connectivity index (χ3n) is 4.50. The maximum Gasteiger partial charge on any atom is 0.252 e. The van der Waals surface area contributed by atoms with Gasteiger partial charge in [0.1, 0.15) is 11.9 Å². The summed E-state index contributed by atoms with van der Waals surface area (Å²) in [6.45, 7) is 4.03. The number of morpholine rings is 1. The molecular weight excluding hydrogens is 268 g/mol. The third kappa shape index (κ3) is 3.27. The molecule has 0 aromatic carbocycles. The van der Waals surface area contributed by atoms with E-state index in [0.717, 1.165) is 38.3 Å². The molecule has 3 rings (SSSR count). The van der Waals surface area contributed by atoms with Crippen molar-refractivity contribution in [2.75, 3.05) is 40.3 Å². The van der Waals surface area contributed by atoms with Crippen molar-refractivity contribution >= 4 is 5.91 Å². The van der Waals surface area contributed by atoms with E-state index in [9.17, 15) is 4.79 Å². The summed E-state index contributed by atoms with van der Waals surface area (Å²) in [5.74, 6) is 1.74. The molecule has 3 heterocycles. The quantitative estimate of drug-likeness (QED) is 0.800. The molecule has 0 radical (unpaired) electrons. The minimum Gasteiger partial charge on any atom is -0.366 e. The number of likely N-dealkylation sites (N-methyl/N-ethyl adjacent to an activating group) is 2. The van der Waals surface area contributed by atoms with E-state index >= 15 is 0 Å². The average molecular weight is 292 g/mol. The lowest BCUT2D eigenvalue weighted by atomic mass is 9.97. The highest BCUT2D eigenvalue weighted by Gasteiger charge is 2.29. The molecule has 1 fully saturated rings. The van der Waals surface area contributed by atoms with Crippen LogP contribution in [0.5, 0.6) is 0 Å². The Labute approximate surface area is 125 Å². The van der Waals surface area contributed by atoms with Crippen LogP contribution in [0.4, 0.5) is 0 Å². The summed E-state index contributed by atoms with van der Waals surface area (Å²) in [7, 11) is 3.92. The number of amides is 1. The Bertz CT molecular complexity index is 502. The molecule has 0 unspecified atom stereocenters.